The van der Waals surface area contributed by atoms with Crippen molar-refractivity contribution in [2.45, 2.75) is 32.2 Å². The number of carbonyl (C=O) groups excluding carboxylic acids is 1. The minimum Gasteiger partial charge on any atom is -0.381 e. The number of amides is 1. The predicted octanol–water partition coefficient (Wildman–Crippen LogP) is 1.06. The summed E-state index contributed by atoms with van der Waals surface area (Å²) in [5.74, 6) is 0.116. The summed E-state index contributed by atoms with van der Waals surface area (Å²) in [7, 11) is 1.75. The van der Waals surface area contributed by atoms with Crippen molar-refractivity contribution in [3.8, 4) is 0 Å². The molecular weight excluding hydrogens is 180 g/mol. The average Bonchev–Trinajstić information content (AvgIpc) is 2.52. The van der Waals surface area contributed by atoms with Gasteiger partial charge in [-0.15, -0.1) is 0 Å². The van der Waals surface area contributed by atoms with Crippen LogP contribution in [0.2, 0.25) is 0 Å². The molecule has 0 unspecified atom stereocenters. The molecule has 0 N–H and O–H groups in total. The maximum absolute atomic E-state index is 11.6. The molecule has 4 heteroatoms. The number of hydrogen-bond acceptors (Lipinski definition) is 3. The normalized spacial score (nSPS) is 23.6. The van der Waals surface area contributed by atoms with Crippen LogP contribution in [-0.4, -0.2) is 42.9 Å². The van der Waals surface area contributed by atoms with Gasteiger partial charge in [0.05, 0.1) is 6.34 Å². The van der Waals surface area contributed by atoms with Crippen LogP contribution in [0.1, 0.15) is 26.7 Å². The number of rotatable bonds is 0. The lowest BCUT2D eigenvalue weighted by Gasteiger charge is -2.28. The molecule has 0 saturated carbocycles. The lowest BCUT2D eigenvalue weighted by Crippen LogP contribution is -2.44. The van der Waals surface area contributed by atoms with E-state index in [-0.39, 0.29) is 5.91 Å². The Morgan fingerprint density at radius 1 is 1.43 bits per heavy atom. The van der Waals surface area contributed by atoms with Gasteiger partial charge in [-0.2, -0.15) is 0 Å². The zero-order valence-electron chi connectivity index (χ0n) is 9.12. The topological polar surface area (TPSA) is 41.9 Å². The highest BCUT2D eigenvalue weighted by molar-refractivity contribution is 5.99. The Bertz CT molecular complexity index is 232. The van der Waals surface area contributed by atoms with E-state index in [9.17, 15) is 4.79 Å². The van der Waals surface area contributed by atoms with Crippen LogP contribution < -0.4 is 0 Å². The van der Waals surface area contributed by atoms with Gasteiger partial charge in [0.25, 0.3) is 5.91 Å². The molecule has 1 amide bonds. The summed E-state index contributed by atoms with van der Waals surface area (Å²) in [5.41, 5.74) is -0.465. The highest BCUT2D eigenvalue weighted by atomic mass is 16.5. The van der Waals surface area contributed by atoms with Crippen molar-refractivity contribution in [1.29, 1.82) is 0 Å². The summed E-state index contributed by atoms with van der Waals surface area (Å²) in [4.78, 5) is 17.4. The van der Waals surface area contributed by atoms with Crippen molar-refractivity contribution in [3.05, 3.63) is 0 Å². The smallest absolute Gasteiger partial charge is 0.255 e. The summed E-state index contributed by atoms with van der Waals surface area (Å²) in [6.07, 6.45) is 3.08. The van der Waals surface area contributed by atoms with Crippen molar-refractivity contribution < 1.29 is 9.53 Å². The lowest BCUT2D eigenvalue weighted by molar-refractivity contribution is -0.133. The zero-order chi connectivity index (χ0) is 10.6. The first-order chi connectivity index (χ1) is 6.75. The predicted molar refractivity (Wildman–Crippen MR) is 55.4 cm³/mol. The quantitative estimate of drug-likeness (QED) is 0.584. The van der Waals surface area contributed by atoms with E-state index in [4.69, 9.17) is 4.74 Å². The van der Waals surface area contributed by atoms with Gasteiger partial charge in [0, 0.05) is 33.1 Å². The Labute approximate surface area is 84.9 Å². The average molecular weight is 198 g/mol. The molecule has 0 aromatic rings. The third-order valence-electron chi connectivity index (χ3n) is 2.52. The van der Waals surface area contributed by atoms with Crippen LogP contribution >= 0.6 is 0 Å². The van der Waals surface area contributed by atoms with E-state index in [1.54, 1.807) is 18.3 Å². The summed E-state index contributed by atoms with van der Waals surface area (Å²) >= 11 is 0. The lowest BCUT2D eigenvalue weighted by atomic mass is 9.90. The minimum atomic E-state index is -0.465. The van der Waals surface area contributed by atoms with Gasteiger partial charge in [-0.25, -0.2) is 0 Å². The van der Waals surface area contributed by atoms with Gasteiger partial charge in [0.15, 0.2) is 0 Å². The van der Waals surface area contributed by atoms with Crippen LogP contribution in [-0.2, 0) is 9.53 Å². The standard InChI is InChI=1S/C8H12N2O2.C2H6/c1-10-6-9-8(7(10)11)2-4-12-5-3-8;1-2/h6H,2-5H2,1H3;1-2H3. The van der Waals surface area contributed by atoms with E-state index in [2.05, 4.69) is 4.99 Å². The third kappa shape index (κ3) is 1.80. The third-order valence-corrected chi connectivity index (χ3v) is 2.52. The van der Waals surface area contributed by atoms with Crippen molar-refractivity contribution in [3.63, 3.8) is 0 Å². The van der Waals surface area contributed by atoms with Crippen molar-refractivity contribution >= 4 is 12.2 Å². The van der Waals surface area contributed by atoms with Crippen molar-refractivity contribution in [2.75, 3.05) is 20.3 Å². The van der Waals surface area contributed by atoms with Gasteiger partial charge >= 0.3 is 0 Å². The van der Waals surface area contributed by atoms with Gasteiger partial charge in [0.2, 0.25) is 0 Å². The minimum absolute atomic E-state index is 0.116. The molecule has 0 atom stereocenters. The molecular formula is C10H18N2O2. The Balaban J connectivity index is 0.000000461. The molecule has 0 radical (unpaired) electrons. The largest absolute Gasteiger partial charge is 0.381 e. The molecule has 2 aliphatic heterocycles. The Morgan fingerprint density at radius 3 is 2.43 bits per heavy atom. The first kappa shape index (κ1) is 11.2. The van der Waals surface area contributed by atoms with Crippen LogP contribution in [0.15, 0.2) is 4.99 Å². The first-order valence-corrected chi connectivity index (χ1v) is 5.15. The highest BCUT2D eigenvalue weighted by Gasteiger charge is 2.44. The Hall–Kier alpha value is -0.900. The molecule has 0 aromatic heterocycles. The molecule has 0 aromatic carbocycles. The first-order valence-electron chi connectivity index (χ1n) is 5.15. The molecule has 0 aliphatic carbocycles. The van der Waals surface area contributed by atoms with Crippen LogP contribution in [0.25, 0.3) is 0 Å². The second kappa shape index (κ2) is 4.55. The van der Waals surface area contributed by atoms with Crippen LogP contribution in [0.4, 0.5) is 0 Å². The molecule has 4 nitrogen and oxygen atoms in total. The molecule has 14 heavy (non-hydrogen) atoms. The summed E-state index contributed by atoms with van der Waals surface area (Å²) in [5, 5.41) is 0. The number of nitrogens with zero attached hydrogens (tertiary/aromatic N) is 2. The van der Waals surface area contributed by atoms with Gasteiger partial charge in [-0.3, -0.25) is 9.79 Å². The number of ether oxygens (including phenoxy) is 1. The molecule has 2 rings (SSSR count). The van der Waals surface area contributed by atoms with Crippen molar-refractivity contribution in [2.24, 2.45) is 4.99 Å². The van der Waals surface area contributed by atoms with E-state index >= 15 is 0 Å². The Kier molecular flexibility index (Phi) is 3.63. The molecule has 2 heterocycles. The van der Waals surface area contributed by atoms with E-state index in [0.29, 0.717) is 13.2 Å². The number of carbonyl (C=O) groups is 1. The maximum Gasteiger partial charge on any atom is 0.255 e. The van der Waals surface area contributed by atoms with Gasteiger partial charge in [-0.1, -0.05) is 13.8 Å². The highest BCUT2D eigenvalue weighted by Crippen LogP contribution is 2.29. The van der Waals surface area contributed by atoms with E-state index in [1.165, 1.54) is 0 Å². The van der Waals surface area contributed by atoms with Gasteiger partial charge < -0.3 is 9.64 Å². The van der Waals surface area contributed by atoms with E-state index in [0.717, 1.165) is 12.8 Å². The monoisotopic (exact) mass is 198 g/mol. The molecule has 0 bridgehead atoms. The fourth-order valence-corrected chi connectivity index (χ4v) is 1.69. The van der Waals surface area contributed by atoms with Crippen LogP contribution in [0, 0.1) is 0 Å². The summed E-state index contributed by atoms with van der Waals surface area (Å²) < 4.78 is 5.20. The second-order valence-corrected chi connectivity index (χ2v) is 3.30. The number of likely N-dealkylation sites (N-methyl/N-ethyl adjacent to an activating group) is 1. The molecule has 2 aliphatic rings. The second-order valence-electron chi connectivity index (χ2n) is 3.30. The Morgan fingerprint density at radius 2 is 2.00 bits per heavy atom. The molecule has 1 spiro atoms. The number of aliphatic imine (C=N–C) groups is 1. The molecule has 80 valence electrons. The number of hydrogen-bond donors (Lipinski definition) is 0. The SMILES string of the molecule is CC.CN1C=NC2(CCOCC2)C1=O. The summed E-state index contributed by atoms with van der Waals surface area (Å²) in [6, 6.07) is 0. The fourth-order valence-electron chi connectivity index (χ4n) is 1.69. The fraction of sp³-hybridized carbons (Fsp3) is 0.800. The van der Waals surface area contributed by atoms with E-state index < -0.39 is 5.54 Å². The molecule has 1 fully saturated rings. The van der Waals surface area contributed by atoms with Crippen LogP contribution in [0.3, 0.4) is 0 Å². The van der Waals surface area contributed by atoms with E-state index in [1.807, 2.05) is 13.8 Å². The van der Waals surface area contributed by atoms with Crippen molar-refractivity contribution in [1.82, 2.24) is 4.90 Å². The van der Waals surface area contributed by atoms with Gasteiger partial charge in [0.1, 0.15) is 5.54 Å². The van der Waals surface area contributed by atoms with Gasteiger partial charge in [-0.05, 0) is 0 Å². The zero-order valence-corrected chi connectivity index (χ0v) is 9.12. The van der Waals surface area contributed by atoms with Crippen LogP contribution in [0.5, 0.6) is 0 Å². The molecule has 1 saturated heterocycles. The maximum atomic E-state index is 11.6. The summed E-state index contributed by atoms with van der Waals surface area (Å²) in [6.45, 7) is 5.30.